The molecule has 2 heterocycles. The number of aromatic nitrogens is 3. The summed E-state index contributed by atoms with van der Waals surface area (Å²) in [4.78, 5) is 20.8. The van der Waals surface area contributed by atoms with Gasteiger partial charge in [0, 0.05) is 25.5 Å². The fraction of sp³-hybridized carbons (Fsp3) is 0.300. The maximum Gasteiger partial charge on any atom is 0.242 e. The average Bonchev–Trinajstić information content (AvgIpc) is 3.48. The number of rotatable bonds is 6. The van der Waals surface area contributed by atoms with Crippen molar-refractivity contribution in [2.75, 3.05) is 10.6 Å². The van der Waals surface area contributed by atoms with Crippen LogP contribution in [0.15, 0.2) is 24.5 Å². The molecule has 1 saturated carbocycles. The van der Waals surface area contributed by atoms with Gasteiger partial charge in [-0.05, 0) is 30.5 Å². The summed E-state index contributed by atoms with van der Waals surface area (Å²) in [6, 6.07) is 5.53. The van der Waals surface area contributed by atoms with Crippen LogP contribution in [0.5, 0.6) is 0 Å². The zero-order valence-corrected chi connectivity index (χ0v) is 15.9. The lowest BCUT2D eigenvalue weighted by Crippen LogP contribution is -2.15. The topological polar surface area (TPSA) is 95.6 Å². The second kappa shape index (κ2) is 7.67. The average molecular weight is 414 g/mol. The second-order valence-electron chi connectivity index (χ2n) is 7.17. The van der Waals surface area contributed by atoms with Crippen LogP contribution in [0, 0.1) is 23.1 Å². The van der Waals surface area contributed by atoms with Gasteiger partial charge < -0.3 is 15.2 Å². The summed E-state index contributed by atoms with van der Waals surface area (Å²) in [5.74, 6) is -0.723. The normalized spacial score (nSPS) is 13.5. The number of pyridine rings is 1. The number of carbonyl (C=O) groups excluding carboxylic acids is 1. The number of halogens is 3. The molecule has 1 aromatic carbocycles. The number of nitrogens with zero attached hydrogens (tertiary/aromatic N) is 4. The number of nitrogens with one attached hydrogen (secondary N) is 2. The molecule has 0 aliphatic heterocycles. The molecule has 4 rings (SSSR count). The summed E-state index contributed by atoms with van der Waals surface area (Å²) >= 11 is 0. The van der Waals surface area contributed by atoms with Crippen molar-refractivity contribution in [1.82, 2.24) is 14.5 Å². The highest BCUT2D eigenvalue weighted by molar-refractivity contribution is 6.00. The first-order valence-corrected chi connectivity index (χ1v) is 9.26. The molecule has 0 bridgehead atoms. The SMILES string of the molecule is Cn1cnc2c(NC(=O)C3CC3)nc(Nc3c(F)cc(C#N)cc3CC(F)F)cc21. The molecule has 1 amide bonds. The van der Waals surface area contributed by atoms with Gasteiger partial charge in [0.1, 0.15) is 17.2 Å². The number of alkyl halides is 2. The summed E-state index contributed by atoms with van der Waals surface area (Å²) in [5.41, 5.74) is 0.786. The summed E-state index contributed by atoms with van der Waals surface area (Å²) < 4.78 is 42.3. The molecule has 10 heteroatoms. The van der Waals surface area contributed by atoms with E-state index >= 15 is 0 Å². The summed E-state index contributed by atoms with van der Waals surface area (Å²) in [5, 5.41) is 14.5. The second-order valence-corrected chi connectivity index (χ2v) is 7.17. The summed E-state index contributed by atoms with van der Waals surface area (Å²) in [6.07, 6.45) is -0.285. The van der Waals surface area contributed by atoms with Crippen molar-refractivity contribution in [3.63, 3.8) is 0 Å². The predicted molar refractivity (Wildman–Crippen MR) is 104 cm³/mol. The van der Waals surface area contributed by atoms with Gasteiger partial charge in [-0.15, -0.1) is 0 Å². The van der Waals surface area contributed by atoms with Crippen LogP contribution in [-0.4, -0.2) is 26.9 Å². The van der Waals surface area contributed by atoms with Crippen LogP contribution in [-0.2, 0) is 18.3 Å². The van der Waals surface area contributed by atoms with Gasteiger partial charge in [0.2, 0.25) is 12.3 Å². The van der Waals surface area contributed by atoms with Gasteiger partial charge in [-0.1, -0.05) is 0 Å². The van der Waals surface area contributed by atoms with E-state index in [9.17, 15) is 18.0 Å². The van der Waals surface area contributed by atoms with Crippen LogP contribution < -0.4 is 10.6 Å². The van der Waals surface area contributed by atoms with Gasteiger partial charge in [0.05, 0.1) is 29.2 Å². The standard InChI is InChI=1S/C20H17F3N6O/c1-29-9-25-18-14(29)7-16(27-19(18)28-20(30)11-2-3-11)26-17-12(6-15(22)23)4-10(8-24)5-13(17)21/h4-5,7,9,11,15H,2-3,6H2,1H3,(H2,26,27,28,30). The maximum atomic E-state index is 14.6. The Bertz CT molecular complexity index is 1180. The minimum atomic E-state index is -2.72. The number of imidazole rings is 1. The number of hydrogen-bond acceptors (Lipinski definition) is 5. The van der Waals surface area contributed by atoms with E-state index in [4.69, 9.17) is 5.26 Å². The molecule has 0 radical (unpaired) electrons. The van der Waals surface area contributed by atoms with Crippen molar-refractivity contribution < 1.29 is 18.0 Å². The van der Waals surface area contributed by atoms with Gasteiger partial charge >= 0.3 is 0 Å². The van der Waals surface area contributed by atoms with E-state index in [0.717, 1.165) is 18.9 Å². The van der Waals surface area contributed by atoms with Gasteiger partial charge in [-0.2, -0.15) is 5.26 Å². The molecule has 2 N–H and O–H groups in total. The number of nitriles is 1. The quantitative estimate of drug-likeness (QED) is 0.638. The van der Waals surface area contributed by atoms with E-state index in [1.165, 1.54) is 6.07 Å². The van der Waals surface area contributed by atoms with Gasteiger partial charge in [0.25, 0.3) is 0 Å². The molecule has 0 saturated heterocycles. The zero-order chi connectivity index (χ0) is 21.4. The Labute approximate surface area is 169 Å². The van der Waals surface area contributed by atoms with E-state index in [-0.39, 0.29) is 40.3 Å². The molecular weight excluding hydrogens is 397 g/mol. The predicted octanol–water partition coefficient (Wildman–Crippen LogP) is 3.88. The Morgan fingerprint density at radius 3 is 2.80 bits per heavy atom. The number of carbonyl (C=O) groups is 1. The number of anilines is 3. The molecule has 1 aliphatic rings. The first-order valence-electron chi connectivity index (χ1n) is 9.26. The van der Waals surface area contributed by atoms with E-state index in [1.54, 1.807) is 30.1 Å². The number of aryl methyl sites for hydroxylation is 1. The van der Waals surface area contributed by atoms with E-state index in [2.05, 4.69) is 20.6 Å². The molecule has 0 spiro atoms. The van der Waals surface area contributed by atoms with Crippen LogP contribution in [0.2, 0.25) is 0 Å². The van der Waals surface area contributed by atoms with Crippen molar-refractivity contribution in [3.8, 4) is 6.07 Å². The summed E-state index contributed by atoms with van der Waals surface area (Å²) in [6.45, 7) is 0. The minimum Gasteiger partial charge on any atom is -0.337 e. The van der Waals surface area contributed by atoms with Crippen molar-refractivity contribution in [2.45, 2.75) is 25.7 Å². The molecule has 2 aromatic heterocycles. The Morgan fingerprint density at radius 1 is 1.37 bits per heavy atom. The Morgan fingerprint density at radius 2 is 2.13 bits per heavy atom. The van der Waals surface area contributed by atoms with Crippen LogP contribution >= 0.6 is 0 Å². The number of benzene rings is 1. The smallest absolute Gasteiger partial charge is 0.242 e. The third-order valence-electron chi connectivity index (χ3n) is 4.83. The van der Waals surface area contributed by atoms with Gasteiger partial charge in [-0.25, -0.2) is 23.1 Å². The first-order chi connectivity index (χ1) is 14.4. The van der Waals surface area contributed by atoms with Gasteiger partial charge in [-0.3, -0.25) is 4.79 Å². The molecule has 0 unspecified atom stereocenters. The molecule has 1 aliphatic carbocycles. The molecule has 3 aromatic rings. The van der Waals surface area contributed by atoms with E-state index in [1.807, 2.05) is 0 Å². The Hall–Kier alpha value is -3.61. The lowest BCUT2D eigenvalue weighted by Gasteiger charge is -2.15. The summed E-state index contributed by atoms with van der Waals surface area (Å²) in [7, 11) is 1.75. The Balaban J connectivity index is 1.76. The highest BCUT2D eigenvalue weighted by atomic mass is 19.3. The van der Waals surface area contributed by atoms with Crippen LogP contribution in [0.1, 0.15) is 24.0 Å². The van der Waals surface area contributed by atoms with Crippen molar-refractivity contribution >= 4 is 34.3 Å². The van der Waals surface area contributed by atoms with Crippen LogP contribution in [0.4, 0.5) is 30.5 Å². The fourth-order valence-corrected chi connectivity index (χ4v) is 3.17. The number of amides is 1. The largest absolute Gasteiger partial charge is 0.337 e. The van der Waals surface area contributed by atoms with Crippen LogP contribution in [0.25, 0.3) is 11.0 Å². The number of hydrogen-bond donors (Lipinski definition) is 2. The minimum absolute atomic E-state index is 0.0444. The Kier molecular flexibility index (Phi) is 5.03. The first kappa shape index (κ1) is 19.7. The monoisotopic (exact) mass is 414 g/mol. The highest BCUT2D eigenvalue weighted by Gasteiger charge is 2.30. The van der Waals surface area contributed by atoms with Gasteiger partial charge in [0.15, 0.2) is 5.82 Å². The van der Waals surface area contributed by atoms with E-state index < -0.39 is 18.7 Å². The van der Waals surface area contributed by atoms with Crippen molar-refractivity contribution in [1.29, 1.82) is 5.26 Å². The van der Waals surface area contributed by atoms with Crippen molar-refractivity contribution in [3.05, 3.63) is 41.5 Å². The molecule has 1 fully saturated rings. The molecule has 30 heavy (non-hydrogen) atoms. The third-order valence-corrected chi connectivity index (χ3v) is 4.83. The number of fused-ring (bicyclic) bond motifs is 1. The zero-order valence-electron chi connectivity index (χ0n) is 15.9. The highest BCUT2D eigenvalue weighted by Crippen LogP contribution is 2.33. The third kappa shape index (κ3) is 3.91. The van der Waals surface area contributed by atoms with Crippen LogP contribution in [0.3, 0.4) is 0 Å². The lowest BCUT2D eigenvalue weighted by molar-refractivity contribution is -0.117. The fourth-order valence-electron chi connectivity index (χ4n) is 3.17. The molecular formula is C20H17F3N6O. The lowest BCUT2D eigenvalue weighted by atomic mass is 10.1. The maximum absolute atomic E-state index is 14.6. The molecule has 154 valence electrons. The molecule has 0 atom stereocenters. The van der Waals surface area contributed by atoms with Crippen molar-refractivity contribution in [2.24, 2.45) is 13.0 Å². The molecule has 7 nitrogen and oxygen atoms in total. The van der Waals surface area contributed by atoms with E-state index in [0.29, 0.717) is 11.0 Å².